The SMILES string of the molecule is Cc1cc2c3c(c1)N(c1ccc4c(c1)C(C)(C)CCC4(C)C)c1c(oc4cc5c(cc14)C(C)(C)CCC5(C)CC1CC(C)(C)c4ccc(N5c6cccc7c6B(c6cc(C(C)(C)C)ccc6N7c6cc7c(cc6C)C(C)(C)CCC7(C)C)c6oc7cc8c(cc7c65)C(C)(C)CCC8(C)C)cc4C1(C)C)B3c1cc(C(C)(C)C)ccc1N2c1cc2c(cc1C)C(C)(C)CCC2(C)C. The zero-order valence-electron chi connectivity index (χ0n) is 85.8. The van der Waals surface area contributed by atoms with Gasteiger partial charge in [-0.05, 0) is 393 Å². The van der Waals surface area contributed by atoms with Gasteiger partial charge in [0, 0.05) is 67.6 Å². The predicted octanol–water partition coefficient (Wildman–Crippen LogP) is 30.3. The van der Waals surface area contributed by atoms with Gasteiger partial charge in [0.05, 0.1) is 22.7 Å². The predicted molar refractivity (Wildman–Crippen MR) is 562 cm³/mol. The first-order valence-electron chi connectivity index (χ1n) is 50.5. The highest BCUT2D eigenvalue weighted by Gasteiger charge is 2.56. The van der Waals surface area contributed by atoms with Crippen molar-refractivity contribution in [1.82, 2.24) is 0 Å². The van der Waals surface area contributed by atoms with Gasteiger partial charge >= 0.3 is 0 Å². The van der Waals surface area contributed by atoms with Crippen LogP contribution >= 0.6 is 0 Å². The smallest absolute Gasteiger partial charge is 0.297 e. The molecule has 2 atom stereocenters. The molecule has 0 bridgehead atoms. The summed E-state index contributed by atoms with van der Waals surface area (Å²) < 4.78 is 16.2. The maximum absolute atomic E-state index is 8.26. The zero-order chi connectivity index (χ0) is 93.1. The lowest BCUT2D eigenvalue weighted by Crippen LogP contribution is -2.61. The molecule has 22 rings (SSSR count). The fourth-order valence-electron chi connectivity index (χ4n) is 27.8. The van der Waals surface area contributed by atoms with E-state index in [-0.39, 0.29) is 89.2 Å². The Bertz CT molecular complexity index is 6970. The third kappa shape index (κ3) is 12.6. The van der Waals surface area contributed by atoms with Crippen molar-refractivity contribution >= 4 is 137 Å². The molecule has 2 unspecified atom stereocenters. The van der Waals surface area contributed by atoms with Crippen LogP contribution in [0.3, 0.4) is 0 Å². The molecule has 0 amide bonds. The first-order chi connectivity index (χ1) is 60.9. The lowest BCUT2D eigenvalue weighted by molar-refractivity contribution is 0.152. The van der Waals surface area contributed by atoms with E-state index in [9.17, 15) is 0 Å². The van der Waals surface area contributed by atoms with E-state index in [1.807, 2.05) is 0 Å². The molecule has 6 aliphatic carbocycles. The van der Waals surface area contributed by atoms with Gasteiger partial charge < -0.3 is 28.4 Å². The van der Waals surface area contributed by atoms with E-state index in [4.69, 9.17) is 8.83 Å². The molecular formula is C123H146B2N4O2. The van der Waals surface area contributed by atoms with E-state index in [1.54, 1.807) is 0 Å². The summed E-state index contributed by atoms with van der Waals surface area (Å²) in [7, 11) is 0. The summed E-state index contributed by atoms with van der Waals surface area (Å²) >= 11 is 0. The van der Waals surface area contributed by atoms with Crippen LogP contribution in [0.25, 0.3) is 21.9 Å². The Labute approximate surface area is 786 Å². The third-order valence-corrected chi connectivity index (χ3v) is 37.0. The van der Waals surface area contributed by atoms with Gasteiger partial charge in [-0.3, -0.25) is 0 Å². The van der Waals surface area contributed by atoms with Gasteiger partial charge in [0.2, 0.25) is 0 Å². The highest BCUT2D eigenvalue weighted by molar-refractivity contribution is 7.00. The van der Waals surface area contributed by atoms with Crippen LogP contribution in [0.1, 0.15) is 372 Å². The largest absolute Gasteiger partial charge is 0.468 e. The molecule has 6 heterocycles. The first-order valence-corrected chi connectivity index (χ1v) is 50.5. The number of aryl methyl sites for hydroxylation is 3. The van der Waals surface area contributed by atoms with Gasteiger partial charge in [-0.2, -0.15) is 0 Å². The standard InChI is InChI=1S/C123H146B2N4O2/c1-70-54-100-105-101(55-70)129(99-65-88-83(57-72(99)3)114(14,15)47-50-118(88,22)23)95-43-37-74(111(7,8)9)59-93(95)125(105)109-107(127(100)76-38-40-80-84(60-76)115(16,17)45-44-112(80,10)11)79-63-86-91(67-103(79)131-109)123(32,53-52-120(86,26)27)69-75-68-121(28,29)81-41-39-77(61-90(81)122(75,30)31)126-96-34-33-35-97-104(96)124(108-106(126)78-62-85-89(66-102(78)130-108)119(24,25)51-48-116(85,18)19)92-58-73(110(4,5)6)36-42-94(92)128(97)98-64-87-82(56-71(98)2)113(12,13)46-49-117(87,20)21/h33-43,54-67,75H,44-53,68-69H2,1-32H3. The fraction of sp³-hybridized carbons (Fsp3) is 0.480. The van der Waals surface area contributed by atoms with Crippen molar-refractivity contribution < 1.29 is 8.83 Å². The highest BCUT2D eigenvalue weighted by atomic mass is 16.3. The van der Waals surface area contributed by atoms with E-state index in [0.717, 1.165) is 86.7 Å². The van der Waals surface area contributed by atoms with Gasteiger partial charge in [0.1, 0.15) is 11.2 Å². The summed E-state index contributed by atoms with van der Waals surface area (Å²) in [5.41, 5.74) is 47.5. The van der Waals surface area contributed by atoms with Crippen molar-refractivity contribution in [1.29, 1.82) is 0 Å². The fourth-order valence-corrected chi connectivity index (χ4v) is 27.8. The summed E-state index contributed by atoms with van der Waals surface area (Å²) in [6.07, 6.45) is 13.5. The number of furan rings is 2. The third-order valence-electron chi connectivity index (χ3n) is 37.0. The molecular weight excluding hydrogens is 1590 g/mol. The van der Waals surface area contributed by atoms with Crippen LogP contribution in [0, 0.1) is 26.7 Å². The summed E-state index contributed by atoms with van der Waals surface area (Å²) in [6.45, 7) is 79.0. The van der Waals surface area contributed by atoms with Gasteiger partial charge in [-0.15, -0.1) is 0 Å². The molecule has 0 saturated heterocycles. The normalized spacial score (nSPS) is 22.6. The highest BCUT2D eigenvalue weighted by Crippen LogP contribution is 2.63. The van der Waals surface area contributed by atoms with Crippen molar-refractivity contribution in [2.45, 2.75) is 374 Å². The first kappa shape index (κ1) is 87.0. The number of hydrogen-bond acceptors (Lipinski definition) is 6. The molecule has 0 N–H and O–H groups in total. The molecule has 131 heavy (non-hydrogen) atoms. The van der Waals surface area contributed by atoms with E-state index in [0.29, 0.717) is 5.92 Å². The zero-order valence-corrected chi connectivity index (χ0v) is 85.8. The van der Waals surface area contributed by atoms with Crippen LogP contribution in [0.5, 0.6) is 0 Å². The van der Waals surface area contributed by atoms with Crippen LogP contribution in [-0.2, 0) is 75.8 Å². The molecule has 10 aliphatic rings. The Morgan fingerprint density at radius 3 is 1.10 bits per heavy atom. The molecule has 8 heteroatoms. The van der Waals surface area contributed by atoms with Crippen molar-refractivity contribution in [2.24, 2.45) is 5.92 Å². The Kier molecular flexibility index (Phi) is 18.1. The summed E-state index contributed by atoms with van der Waals surface area (Å²) in [5.74, 6) is 0.315. The quantitative estimate of drug-likeness (QED) is 0.155. The molecule has 0 saturated carbocycles. The summed E-state index contributed by atoms with van der Waals surface area (Å²) in [6, 6.07) is 63.6. The number of hydrogen-bond donors (Lipinski definition) is 0. The van der Waals surface area contributed by atoms with Crippen LogP contribution in [-0.4, -0.2) is 13.4 Å². The maximum atomic E-state index is 8.26. The molecule has 10 aromatic carbocycles. The van der Waals surface area contributed by atoms with Crippen LogP contribution < -0.4 is 52.8 Å². The number of benzene rings is 10. The van der Waals surface area contributed by atoms with Gasteiger partial charge in [-0.1, -0.05) is 255 Å². The van der Waals surface area contributed by atoms with Crippen LogP contribution in [0.4, 0.5) is 68.2 Å². The van der Waals surface area contributed by atoms with Gasteiger partial charge in [0.15, 0.2) is 0 Å². The number of nitrogens with zero attached hydrogens (tertiary/aromatic N) is 4. The minimum absolute atomic E-state index is 0.0112. The van der Waals surface area contributed by atoms with E-state index in [2.05, 4.69) is 393 Å². The monoisotopic (exact) mass is 1730 g/mol. The lowest BCUT2D eigenvalue weighted by atomic mass is 9.35. The van der Waals surface area contributed by atoms with Crippen LogP contribution in [0.15, 0.2) is 160 Å². The van der Waals surface area contributed by atoms with Crippen LogP contribution in [0.2, 0.25) is 0 Å². The summed E-state index contributed by atoms with van der Waals surface area (Å²) in [4.78, 5) is 10.8. The van der Waals surface area contributed by atoms with Crippen molar-refractivity contribution in [3.05, 3.63) is 246 Å². The second-order valence-electron chi connectivity index (χ2n) is 53.2. The minimum Gasteiger partial charge on any atom is -0.468 e. The molecule has 0 radical (unpaired) electrons. The minimum atomic E-state index is -0.250. The Morgan fingerprint density at radius 2 is 0.649 bits per heavy atom. The Hall–Kier alpha value is -9.39. The van der Waals surface area contributed by atoms with Crippen molar-refractivity contribution in [3.63, 3.8) is 0 Å². The lowest BCUT2D eigenvalue weighted by Gasteiger charge is -2.52. The number of fused-ring (bicyclic) bond motifs is 18. The molecule has 2 aromatic heterocycles. The molecule has 0 fully saturated rings. The van der Waals surface area contributed by atoms with Crippen molar-refractivity contribution in [3.8, 4) is 0 Å². The van der Waals surface area contributed by atoms with E-state index >= 15 is 0 Å². The molecule has 12 aromatic rings. The van der Waals surface area contributed by atoms with Gasteiger partial charge in [-0.25, -0.2) is 0 Å². The number of rotatable bonds is 6. The Morgan fingerprint density at radius 1 is 0.305 bits per heavy atom. The topological polar surface area (TPSA) is 39.2 Å². The molecule has 0 spiro atoms. The summed E-state index contributed by atoms with van der Waals surface area (Å²) in [5, 5.41) is 2.42. The average Bonchev–Trinajstić information content (AvgIpc) is 1.64. The van der Waals surface area contributed by atoms with Crippen molar-refractivity contribution in [2.75, 3.05) is 19.6 Å². The number of anilines is 12. The second kappa shape index (κ2) is 27.3. The maximum Gasteiger partial charge on any atom is 0.297 e. The van der Waals surface area contributed by atoms with Gasteiger partial charge in [0.25, 0.3) is 13.4 Å². The molecule has 676 valence electrons. The van der Waals surface area contributed by atoms with E-state index < -0.39 is 0 Å². The average molecular weight is 1730 g/mol. The second-order valence-corrected chi connectivity index (χ2v) is 53.2. The molecule has 4 aliphatic heterocycles. The van der Waals surface area contributed by atoms with E-state index in [1.165, 1.54) is 208 Å². The molecule has 6 nitrogen and oxygen atoms in total. The Balaban J connectivity index is 0.719.